The van der Waals surface area contributed by atoms with E-state index in [1.807, 2.05) is 53.1 Å². The summed E-state index contributed by atoms with van der Waals surface area (Å²) in [7, 11) is 2.38. The second kappa shape index (κ2) is 18.5. The van der Waals surface area contributed by atoms with Crippen molar-refractivity contribution in [3.05, 3.63) is 102 Å². The van der Waals surface area contributed by atoms with Gasteiger partial charge >= 0.3 is 6.09 Å². The number of amides is 3. The minimum Gasteiger partial charge on any atom is -0.465 e. The van der Waals surface area contributed by atoms with Crippen LogP contribution in [0.1, 0.15) is 76.1 Å². The van der Waals surface area contributed by atoms with Crippen LogP contribution in [0.15, 0.2) is 79.1 Å². The lowest BCUT2D eigenvalue weighted by atomic mass is 10.0. The molecule has 21 heteroatoms. The first-order valence-corrected chi connectivity index (χ1v) is 22.8. The summed E-state index contributed by atoms with van der Waals surface area (Å²) < 4.78 is 95.2. The number of likely N-dealkylation sites (tertiary alicyclic amines) is 2. The van der Waals surface area contributed by atoms with E-state index in [0.29, 0.717) is 33.4 Å². The number of fused-ring (bicyclic) bond motifs is 5. The van der Waals surface area contributed by atoms with Gasteiger partial charge < -0.3 is 49.0 Å². The van der Waals surface area contributed by atoms with Gasteiger partial charge in [0.15, 0.2) is 0 Å². The molecule has 16 nitrogen and oxygen atoms in total. The molecule has 6 heterocycles. The molecule has 3 aromatic carbocycles. The number of aromatic amines is 2. The Hall–Kier alpha value is -6.84. The first kappa shape index (κ1) is 48.2. The highest BCUT2D eigenvalue weighted by Crippen LogP contribution is 2.48. The maximum Gasteiger partial charge on any atom is 0.407 e. The second-order valence-corrected chi connectivity index (χ2v) is 18.7. The van der Waals surface area contributed by atoms with Gasteiger partial charge in [-0.15, -0.1) is 0 Å². The topological polar surface area (TPSA) is 192 Å². The molecule has 3 aliphatic heterocycles. The van der Waals surface area contributed by atoms with Crippen LogP contribution >= 0.6 is 0 Å². The number of nitrogens with zero attached hydrogens (tertiary/aromatic N) is 5. The third-order valence-corrected chi connectivity index (χ3v) is 13.1. The monoisotopic (exact) mass is 973 g/mol. The maximum atomic E-state index is 16.8. The molecule has 6 atom stereocenters. The summed E-state index contributed by atoms with van der Waals surface area (Å²) in [6.45, 7) is 5.05. The van der Waals surface area contributed by atoms with E-state index in [1.54, 1.807) is 39.8 Å². The third kappa shape index (κ3) is 9.08. The molecule has 3 aromatic heterocycles. The van der Waals surface area contributed by atoms with Crippen molar-refractivity contribution in [2.24, 2.45) is 11.8 Å². The predicted molar refractivity (Wildman–Crippen MR) is 245 cm³/mol. The quantitative estimate of drug-likeness (QED) is 0.0562. The SMILES string of the molecule is COC(=O)N[C@H](C(=O)N1CC(F)(F)C[C@H]1c1ncc(-c2ccc3c(c2)cc2n3C(c3ccccc3)Oc3cc(-c4cnc([C@@H]5CC(F)(F)CN5C(=O)[C@@H](NC(O)OC)C(C)C)[nH]4)cc(F)c3-2)[nH]1)C(C)C. The van der Waals surface area contributed by atoms with Gasteiger partial charge in [-0.1, -0.05) is 64.1 Å². The Morgan fingerprint density at radius 1 is 0.800 bits per heavy atom. The van der Waals surface area contributed by atoms with Crippen LogP contribution in [0.3, 0.4) is 0 Å². The number of alkyl carbamates (subject to hydrolysis) is 1. The van der Waals surface area contributed by atoms with Crippen LogP contribution in [0.4, 0.5) is 26.7 Å². The van der Waals surface area contributed by atoms with Crippen LogP contribution in [0.5, 0.6) is 5.75 Å². The number of halogens is 5. The number of carbonyl (C=O) groups is 3. The highest BCUT2D eigenvalue weighted by atomic mass is 19.3. The molecular weight excluding hydrogens is 922 g/mol. The second-order valence-electron chi connectivity index (χ2n) is 18.7. The number of imidazole rings is 2. The molecule has 3 amide bonds. The lowest BCUT2D eigenvalue weighted by Crippen LogP contribution is -2.53. The van der Waals surface area contributed by atoms with E-state index in [1.165, 1.54) is 25.6 Å². The number of carbonyl (C=O) groups excluding carboxylic acids is 3. The standard InChI is InChI=1S/C49H52F5N9O7/c1-24(2)39(59-46(66)68-5)43(64)61-22-48(51,52)18-35(61)41-55-20-31(57-41)27-12-13-33-29(14-27)16-34-38-30(50)15-28(17-37(38)70-45(63(33)34)26-10-8-7-9-11-26)32-21-56-42(58-32)36-19-49(53,54)23-62(36)44(65)40(25(3)4)60-47(67)69-6/h7-17,20-21,24-25,35-36,39-40,45,47,60,67H,18-19,22-23H2,1-6H3,(H,55,57)(H,56,58)(H,59,66)/t35-,36-,39-,40-,45?,47?/m0/s1. The van der Waals surface area contributed by atoms with Crippen LogP contribution in [-0.2, 0) is 19.1 Å². The van der Waals surface area contributed by atoms with E-state index in [2.05, 4.69) is 35.3 Å². The van der Waals surface area contributed by atoms with Crippen LogP contribution < -0.4 is 15.4 Å². The van der Waals surface area contributed by atoms with Gasteiger partial charge in [0, 0.05) is 42.0 Å². The van der Waals surface area contributed by atoms with Crippen molar-refractivity contribution in [3.8, 4) is 39.5 Å². The maximum absolute atomic E-state index is 16.8. The Morgan fingerprint density at radius 2 is 1.39 bits per heavy atom. The Morgan fingerprint density at radius 3 is 1.96 bits per heavy atom. The first-order chi connectivity index (χ1) is 33.3. The molecule has 0 spiro atoms. The first-order valence-electron chi connectivity index (χ1n) is 22.8. The zero-order valence-electron chi connectivity index (χ0n) is 39.0. The molecule has 70 heavy (non-hydrogen) atoms. The number of benzene rings is 3. The number of rotatable bonds is 13. The third-order valence-electron chi connectivity index (χ3n) is 13.1. The largest absolute Gasteiger partial charge is 0.465 e. The minimum atomic E-state index is -3.24. The Kier molecular flexibility index (Phi) is 12.7. The van der Waals surface area contributed by atoms with Crippen LogP contribution in [0, 0.1) is 17.7 Å². The average Bonchev–Trinajstić information content (AvgIpc) is 4.18. The van der Waals surface area contributed by atoms with Gasteiger partial charge in [-0.3, -0.25) is 14.9 Å². The number of nitrogens with one attached hydrogen (secondary N) is 4. The number of ether oxygens (including phenoxy) is 3. The van der Waals surface area contributed by atoms with Crippen molar-refractivity contribution in [2.45, 2.75) is 89.2 Å². The van der Waals surface area contributed by atoms with Crippen molar-refractivity contribution in [1.29, 1.82) is 0 Å². The van der Waals surface area contributed by atoms with E-state index in [0.717, 1.165) is 22.5 Å². The average molecular weight is 974 g/mol. The van der Waals surface area contributed by atoms with E-state index in [4.69, 9.17) is 9.47 Å². The van der Waals surface area contributed by atoms with Crippen LogP contribution in [0.25, 0.3) is 44.7 Å². The molecule has 0 aliphatic carbocycles. The molecule has 3 aliphatic rings. The number of aromatic nitrogens is 5. The number of aliphatic hydroxyl groups excluding tert-OH is 1. The predicted octanol–water partition coefficient (Wildman–Crippen LogP) is 7.90. The van der Waals surface area contributed by atoms with Crippen molar-refractivity contribution < 1.29 is 55.7 Å². The number of aliphatic hydroxyl groups is 1. The summed E-state index contributed by atoms with van der Waals surface area (Å²) in [5.74, 6) is -8.94. The van der Waals surface area contributed by atoms with E-state index < -0.39 is 110 Å². The van der Waals surface area contributed by atoms with E-state index in [9.17, 15) is 19.5 Å². The summed E-state index contributed by atoms with van der Waals surface area (Å²) in [6.07, 6.45) is -1.68. The zero-order chi connectivity index (χ0) is 50.0. The lowest BCUT2D eigenvalue weighted by molar-refractivity contribution is -0.146. The van der Waals surface area contributed by atoms with Crippen LogP contribution in [-0.4, -0.2) is 115 Å². The van der Waals surface area contributed by atoms with E-state index >= 15 is 22.0 Å². The molecule has 5 N–H and O–H groups in total. The molecule has 0 radical (unpaired) electrons. The smallest absolute Gasteiger partial charge is 0.407 e. The van der Waals surface area contributed by atoms with Crippen molar-refractivity contribution in [1.82, 2.24) is 44.9 Å². The normalized spacial score (nSPS) is 20.6. The van der Waals surface area contributed by atoms with Gasteiger partial charge in [-0.25, -0.2) is 36.7 Å². The van der Waals surface area contributed by atoms with Gasteiger partial charge in [0.2, 0.25) is 24.5 Å². The molecule has 2 saturated heterocycles. The highest BCUT2D eigenvalue weighted by Gasteiger charge is 2.52. The van der Waals surface area contributed by atoms with E-state index in [-0.39, 0.29) is 28.7 Å². The number of H-pyrrole nitrogens is 2. The number of hydrogen-bond donors (Lipinski definition) is 5. The molecule has 0 bridgehead atoms. The highest BCUT2D eigenvalue weighted by molar-refractivity contribution is 5.93. The van der Waals surface area contributed by atoms with Crippen molar-refractivity contribution in [3.63, 3.8) is 0 Å². The van der Waals surface area contributed by atoms with Gasteiger partial charge in [-0.05, 0) is 42.2 Å². The van der Waals surface area contributed by atoms with Crippen molar-refractivity contribution >= 4 is 28.8 Å². The minimum absolute atomic E-state index is 0.0662. The van der Waals surface area contributed by atoms with Gasteiger partial charge in [0.1, 0.15) is 29.3 Å². The zero-order valence-corrected chi connectivity index (χ0v) is 39.0. The number of hydrogen-bond acceptors (Lipinski definition) is 10. The van der Waals surface area contributed by atoms with Gasteiger partial charge in [-0.2, -0.15) is 0 Å². The molecular formula is C49H52F5N9O7. The molecule has 370 valence electrons. The van der Waals surface area contributed by atoms with Crippen molar-refractivity contribution in [2.75, 3.05) is 27.3 Å². The fourth-order valence-electron chi connectivity index (χ4n) is 9.65. The number of methoxy groups -OCH3 is 2. The summed E-state index contributed by atoms with van der Waals surface area (Å²) in [6, 6.07) is 15.1. The Labute approximate surface area is 398 Å². The molecule has 2 unspecified atom stereocenters. The number of alkyl halides is 4. The van der Waals surface area contributed by atoms with Crippen LogP contribution in [0.2, 0.25) is 0 Å². The fourth-order valence-corrected chi connectivity index (χ4v) is 9.65. The summed E-state index contributed by atoms with van der Waals surface area (Å²) in [5.41, 5.74) is 3.75. The van der Waals surface area contributed by atoms with Gasteiger partial charge in [0.05, 0.1) is 78.9 Å². The Balaban J connectivity index is 1.04. The summed E-state index contributed by atoms with van der Waals surface area (Å²) in [4.78, 5) is 56.7. The lowest BCUT2D eigenvalue weighted by Gasteiger charge is -2.31. The molecule has 0 saturated carbocycles. The molecule has 6 aromatic rings. The van der Waals surface area contributed by atoms with Gasteiger partial charge in [0.25, 0.3) is 11.8 Å². The molecule has 9 rings (SSSR count). The fraction of sp³-hybridized carbons (Fsp3) is 0.408. The molecule has 2 fully saturated rings. The Bertz CT molecular complexity index is 2940. The summed E-state index contributed by atoms with van der Waals surface area (Å²) in [5, 5.41) is 15.9. The summed E-state index contributed by atoms with van der Waals surface area (Å²) >= 11 is 0.